The molecule has 2 atom stereocenters. The molecule has 0 bridgehead atoms. The molecule has 0 spiro atoms. The fraction of sp³-hybridized carbons (Fsp3) is 0.350. The van der Waals surface area contributed by atoms with E-state index < -0.39 is 18.6 Å². The minimum atomic E-state index is -2.86. The van der Waals surface area contributed by atoms with E-state index in [9.17, 15) is 13.6 Å². The van der Waals surface area contributed by atoms with E-state index in [4.69, 9.17) is 5.73 Å². The van der Waals surface area contributed by atoms with Crippen LogP contribution in [0.1, 0.15) is 30.5 Å². The summed E-state index contributed by atoms with van der Waals surface area (Å²) in [4.78, 5) is 14.7. The van der Waals surface area contributed by atoms with Crippen LogP contribution < -0.4 is 15.4 Å². The van der Waals surface area contributed by atoms with Gasteiger partial charge in [-0.2, -0.15) is 8.78 Å². The summed E-state index contributed by atoms with van der Waals surface area (Å²) in [5.41, 5.74) is 8.78. The number of rotatable bonds is 5. The summed E-state index contributed by atoms with van der Waals surface area (Å²) in [6, 6.07) is 13.8. The molecular formula is C20H22F2N2O2. The van der Waals surface area contributed by atoms with E-state index in [-0.39, 0.29) is 11.7 Å². The lowest BCUT2D eigenvalue weighted by atomic mass is 9.92. The number of alkyl halides is 2. The van der Waals surface area contributed by atoms with Crippen LogP contribution in [-0.2, 0) is 11.2 Å². The van der Waals surface area contributed by atoms with Gasteiger partial charge >= 0.3 is 6.61 Å². The Labute approximate surface area is 151 Å². The van der Waals surface area contributed by atoms with Gasteiger partial charge in [0.15, 0.2) is 0 Å². The van der Waals surface area contributed by atoms with Crippen molar-refractivity contribution in [3.05, 3.63) is 59.7 Å². The molecule has 1 aliphatic heterocycles. The van der Waals surface area contributed by atoms with Crippen molar-refractivity contribution < 1.29 is 18.3 Å². The maximum atomic E-state index is 13.0. The number of carbonyl (C=O) groups excluding carboxylic acids is 1. The topological polar surface area (TPSA) is 55.6 Å². The normalized spacial score (nSPS) is 16.1. The van der Waals surface area contributed by atoms with Crippen molar-refractivity contribution in [3.8, 4) is 5.75 Å². The van der Waals surface area contributed by atoms with E-state index in [0.717, 1.165) is 29.7 Å². The molecule has 3 rings (SSSR count). The number of carbonyl (C=O) groups is 1. The number of aryl methyl sites for hydroxylation is 1. The van der Waals surface area contributed by atoms with Crippen molar-refractivity contribution in [2.24, 2.45) is 11.7 Å². The summed E-state index contributed by atoms with van der Waals surface area (Å²) in [5, 5.41) is 0. The third kappa shape index (κ3) is 3.85. The highest BCUT2D eigenvalue weighted by Crippen LogP contribution is 2.33. The van der Waals surface area contributed by atoms with Gasteiger partial charge < -0.3 is 15.4 Å². The van der Waals surface area contributed by atoms with Crippen molar-refractivity contribution in [2.75, 3.05) is 11.4 Å². The molecule has 26 heavy (non-hydrogen) atoms. The Morgan fingerprint density at radius 3 is 2.62 bits per heavy atom. The van der Waals surface area contributed by atoms with Crippen LogP contribution in [0.2, 0.25) is 0 Å². The van der Waals surface area contributed by atoms with Gasteiger partial charge in [0.05, 0.1) is 5.92 Å². The van der Waals surface area contributed by atoms with E-state index in [1.54, 1.807) is 17.0 Å². The lowest BCUT2D eigenvalue weighted by Crippen LogP contribution is -2.42. The van der Waals surface area contributed by atoms with Crippen LogP contribution in [0.4, 0.5) is 14.5 Å². The Morgan fingerprint density at radius 2 is 1.92 bits per heavy atom. The number of anilines is 1. The quantitative estimate of drug-likeness (QED) is 0.880. The van der Waals surface area contributed by atoms with Gasteiger partial charge in [-0.05, 0) is 42.2 Å². The second-order valence-corrected chi connectivity index (χ2v) is 6.49. The maximum Gasteiger partial charge on any atom is 0.387 e. The molecule has 1 aliphatic rings. The van der Waals surface area contributed by atoms with Crippen molar-refractivity contribution in [1.29, 1.82) is 0 Å². The highest BCUT2D eigenvalue weighted by atomic mass is 19.3. The van der Waals surface area contributed by atoms with Gasteiger partial charge in [-0.1, -0.05) is 37.3 Å². The zero-order valence-electron chi connectivity index (χ0n) is 14.6. The Balaban J connectivity index is 1.81. The third-order valence-corrected chi connectivity index (χ3v) is 4.77. The molecule has 0 fully saturated rings. The molecular weight excluding hydrogens is 338 g/mol. The Morgan fingerprint density at radius 1 is 1.19 bits per heavy atom. The number of hydrogen-bond donors (Lipinski definition) is 1. The van der Waals surface area contributed by atoms with E-state index in [1.807, 2.05) is 37.3 Å². The van der Waals surface area contributed by atoms with E-state index >= 15 is 0 Å². The van der Waals surface area contributed by atoms with Crippen molar-refractivity contribution >= 4 is 11.6 Å². The molecule has 4 nitrogen and oxygen atoms in total. The van der Waals surface area contributed by atoms with Gasteiger partial charge in [-0.15, -0.1) is 0 Å². The SMILES string of the molecule is CC(C(=O)N1CCCc2cc(OC(F)F)ccc21)C(N)c1ccccc1. The monoisotopic (exact) mass is 360 g/mol. The standard InChI is InChI=1S/C20H22F2N2O2/c1-13(18(23)14-6-3-2-4-7-14)19(25)24-11-5-8-15-12-16(26-20(21)22)9-10-17(15)24/h2-4,6-7,9-10,12-13,18,20H,5,8,11,23H2,1H3. The number of amides is 1. The summed E-state index contributed by atoms with van der Waals surface area (Å²) in [6.07, 6.45) is 1.49. The molecule has 1 amide bonds. The second kappa shape index (κ2) is 7.83. The summed E-state index contributed by atoms with van der Waals surface area (Å²) in [7, 11) is 0. The number of nitrogens with zero attached hydrogens (tertiary/aromatic N) is 1. The predicted molar refractivity (Wildman–Crippen MR) is 96.3 cm³/mol. The molecule has 0 saturated heterocycles. The first-order chi connectivity index (χ1) is 12.5. The number of ether oxygens (including phenoxy) is 1. The molecule has 2 unspecified atom stereocenters. The van der Waals surface area contributed by atoms with Crippen LogP contribution in [0, 0.1) is 5.92 Å². The molecule has 2 aromatic rings. The number of nitrogens with two attached hydrogens (primary N) is 1. The molecule has 2 N–H and O–H groups in total. The lowest BCUT2D eigenvalue weighted by molar-refractivity contribution is -0.122. The van der Waals surface area contributed by atoms with Crippen LogP contribution in [0.25, 0.3) is 0 Å². The molecule has 2 aromatic carbocycles. The zero-order chi connectivity index (χ0) is 18.7. The molecule has 138 valence electrons. The molecule has 0 aromatic heterocycles. The predicted octanol–water partition coefficient (Wildman–Crippen LogP) is 3.90. The summed E-state index contributed by atoms with van der Waals surface area (Å²) in [6.45, 7) is -0.451. The highest BCUT2D eigenvalue weighted by molar-refractivity contribution is 5.96. The Bertz CT molecular complexity index is 768. The van der Waals surface area contributed by atoms with E-state index in [2.05, 4.69) is 4.74 Å². The molecule has 0 radical (unpaired) electrons. The van der Waals surface area contributed by atoms with Crippen LogP contribution in [-0.4, -0.2) is 19.1 Å². The maximum absolute atomic E-state index is 13.0. The summed E-state index contributed by atoms with van der Waals surface area (Å²) in [5.74, 6) is -0.354. The number of fused-ring (bicyclic) bond motifs is 1. The van der Waals surface area contributed by atoms with Gasteiger partial charge in [0.25, 0.3) is 0 Å². The molecule has 6 heteroatoms. The third-order valence-electron chi connectivity index (χ3n) is 4.77. The largest absolute Gasteiger partial charge is 0.435 e. The van der Waals surface area contributed by atoms with Crippen molar-refractivity contribution in [2.45, 2.75) is 32.4 Å². The summed E-state index contributed by atoms with van der Waals surface area (Å²) < 4.78 is 29.3. The van der Waals surface area contributed by atoms with Crippen molar-refractivity contribution in [1.82, 2.24) is 0 Å². The van der Waals surface area contributed by atoms with Gasteiger partial charge in [-0.3, -0.25) is 4.79 Å². The first-order valence-corrected chi connectivity index (χ1v) is 8.67. The van der Waals surface area contributed by atoms with E-state index in [1.165, 1.54) is 6.07 Å². The average Bonchev–Trinajstić information content (AvgIpc) is 2.65. The smallest absolute Gasteiger partial charge is 0.387 e. The highest BCUT2D eigenvalue weighted by Gasteiger charge is 2.30. The van der Waals surface area contributed by atoms with Crippen molar-refractivity contribution in [3.63, 3.8) is 0 Å². The Kier molecular flexibility index (Phi) is 5.52. The minimum Gasteiger partial charge on any atom is -0.435 e. The zero-order valence-corrected chi connectivity index (χ0v) is 14.6. The average molecular weight is 360 g/mol. The minimum absolute atomic E-state index is 0.0650. The van der Waals surface area contributed by atoms with Gasteiger partial charge in [-0.25, -0.2) is 0 Å². The summed E-state index contributed by atoms with van der Waals surface area (Å²) >= 11 is 0. The molecule has 0 aliphatic carbocycles. The second-order valence-electron chi connectivity index (χ2n) is 6.49. The van der Waals surface area contributed by atoms with Crippen LogP contribution in [0.5, 0.6) is 5.75 Å². The number of halogens is 2. The van der Waals surface area contributed by atoms with Gasteiger partial charge in [0.2, 0.25) is 5.91 Å². The van der Waals surface area contributed by atoms with Gasteiger partial charge in [0, 0.05) is 18.3 Å². The fourth-order valence-corrected chi connectivity index (χ4v) is 3.34. The Hall–Kier alpha value is -2.47. The van der Waals surface area contributed by atoms with Crippen LogP contribution in [0.15, 0.2) is 48.5 Å². The molecule has 1 heterocycles. The molecule has 0 saturated carbocycles. The van der Waals surface area contributed by atoms with Gasteiger partial charge in [0.1, 0.15) is 5.75 Å². The first kappa shape index (κ1) is 18.3. The van der Waals surface area contributed by atoms with E-state index in [0.29, 0.717) is 6.54 Å². The lowest BCUT2D eigenvalue weighted by Gasteiger charge is -2.33. The number of hydrogen-bond acceptors (Lipinski definition) is 3. The fourth-order valence-electron chi connectivity index (χ4n) is 3.34. The first-order valence-electron chi connectivity index (χ1n) is 8.67. The van der Waals surface area contributed by atoms with Crippen LogP contribution >= 0.6 is 0 Å². The number of benzene rings is 2. The van der Waals surface area contributed by atoms with Crippen LogP contribution in [0.3, 0.4) is 0 Å².